The first-order valence-corrected chi connectivity index (χ1v) is 10.8. The fourth-order valence-electron chi connectivity index (χ4n) is 4.51. The molecule has 0 aliphatic heterocycles. The minimum atomic E-state index is -0.612. The molecule has 0 unspecified atom stereocenters. The van der Waals surface area contributed by atoms with E-state index in [0.29, 0.717) is 11.5 Å². The summed E-state index contributed by atoms with van der Waals surface area (Å²) in [4.78, 5) is 0. The molecule has 31 heavy (non-hydrogen) atoms. The van der Waals surface area contributed by atoms with Gasteiger partial charge in [0.2, 0.25) is 0 Å². The van der Waals surface area contributed by atoms with E-state index in [9.17, 15) is 13.2 Å². The van der Waals surface area contributed by atoms with E-state index < -0.39 is 11.6 Å². The summed E-state index contributed by atoms with van der Waals surface area (Å²) in [6, 6.07) is 12.7. The van der Waals surface area contributed by atoms with Crippen LogP contribution in [0.4, 0.5) is 13.2 Å². The molecule has 0 spiro atoms. The van der Waals surface area contributed by atoms with Crippen molar-refractivity contribution in [2.45, 2.75) is 44.4 Å². The summed E-state index contributed by atoms with van der Waals surface area (Å²) >= 11 is 0. The van der Waals surface area contributed by atoms with Gasteiger partial charge in [0.1, 0.15) is 17.5 Å². The highest BCUT2D eigenvalue weighted by molar-refractivity contribution is 5.84. The molecule has 0 atom stereocenters. The molecule has 0 N–H and O–H groups in total. The van der Waals surface area contributed by atoms with Crippen LogP contribution in [0.5, 0.6) is 0 Å². The Morgan fingerprint density at radius 2 is 1.52 bits per heavy atom. The van der Waals surface area contributed by atoms with Crippen LogP contribution in [0.15, 0.2) is 61.2 Å². The maximum absolute atomic E-state index is 14.7. The van der Waals surface area contributed by atoms with Crippen LogP contribution in [0.1, 0.15) is 61.1 Å². The number of rotatable bonds is 4. The molecule has 0 saturated heterocycles. The lowest BCUT2D eigenvalue weighted by molar-refractivity contribution is 0.311. The number of hydrogen-bond donors (Lipinski definition) is 0. The molecule has 1 fully saturated rings. The summed E-state index contributed by atoms with van der Waals surface area (Å²) in [5.74, 6) is 4.85. The Morgan fingerprint density at radius 3 is 2.23 bits per heavy atom. The van der Waals surface area contributed by atoms with Gasteiger partial charge in [-0.3, -0.25) is 0 Å². The molecule has 3 aromatic rings. The van der Waals surface area contributed by atoms with E-state index in [1.165, 1.54) is 24.3 Å². The van der Waals surface area contributed by atoms with Crippen LogP contribution >= 0.6 is 0 Å². The monoisotopic (exact) mass is 418 g/mol. The first-order valence-electron chi connectivity index (χ1n) is 10.8. The third-order valence-corrected chi connectivity index (χ3v) is 6.30. The minimum Gasteiger partial charge on any atom is -0.207 e. The predicted molar refractivity (Wildman–Crippen MR) is 120 cm³/mol. The van der Waals surface area contributed by atoms with Gasteiger partial charge >= 0.3 is 0 Å². The molecule has 3 aromatic carbocycles. The van der Waals surface area contributed by atoms with E-state index in [4.69, 9.17) is 0 Å². The summed E-state index contributed by atoms with van der Waals surface area (Å²) in [5, 5.41) is 1.58. The second kappa shape index (κ2) is 9.43. The first kappa shape index (κ1) is 21.2. The summed E-state index contributed by atoms with van der Waals surface area (Å²) in [5.41, 5.74) is 1.15. The van der Waals surface area contributed by atoms with E-state index >= 15 is 0 Å². The zero-order valence-electron chi connectivity index (χ0n) is 17.4. The maximum Gasteiger partial charge on any atom is 0.142 e. The molecular formula is C28H25F3. The fourth-order valence-corrected chi connectivity index (χ4v) is 4.51. The molecule has 1 saturated carbocycles. The van der Waals surface area contributed by atoms with Crippen molar-refractivity contribution in [3.8, 4) is 11.8 Å². The second-order valence-electron chi connectivity index (χ2n) is 8.40. The highest BCUT2D eigenvalue weighted by Gasteiger charge is 2.23. The number of halogens is 3. The molecule has 4 rings (SSSR count). The molecule has 0 bridgehead atoms. The zero-order chi connectivity index (χ0) is 21.8. The molecule has 0 radical (unpaired) electrons. The van der Waals surface area contributed by atoms with Gasteiger partial charge in [-0.15, -0.1) is 6.58 Å². The van der Waals surface area contributed by atoms with Crippen LogP contribution in [0.2, 0.25) is 0 Å². The van der Waals surface area contributed by atoms with Gasteiger partial charge in [-0.1, -0.05) is 30.0 Å². The van der Waals surface area contributed by atoms with Crippen molar-refractivity contribution >= 4 is 10.8 Å². The van der Waals surface area contributed by atoms with Crippen molar-refractivity contribution < 1.29 is 13.2 Å². The van der Waals surface area contributed by atoms with Gasteiger partial charge in [-0.25, -0.2) is 13.2 Å². The van der Waals surface area contributed by atoms with Crippen molar-refractivity contribution in [2.75, 3.05) is 0 Å². The summed E-state index contributed by atoms with van der Waals surface area (Å²) in [6.07, 6.45) is 8.24. The average Bonchev–Trinajstić information content (AvgIpc) is 2.77. The quantitative estimate of drug-likeness (QED) is 0.298. The van der Waals surface area contributed by atoms with Gasteiger partial charge < -0.3 is 0 Å². The average molecular weight is 419 g/mol. The lowest BCUT2D eigenvalue weighted by Crippen LogP contribution is -2.14. The fraction of sp³-hybridized carbons (Fsp3) is 0.286. The van der Waals surface area contributed by atoms with E-state index in [1.54, 1.807) is 24.3 Å². The predicted octanol–water partition coefficient (Wildman–Crippen LogP) is 7.90. The SMILES string of the molecule is C=CCCC1CCC(c2cc(F)c(C#Cc3ccc4cc(F)ccc4c3)c(F)c2)CC1. The van der Waals surface area contributed by atoms with Gasteiger partial charge in [0.25, 0.3) is 0 Å². The van der Waals surface area contributed by atoms with Crippen molar-refractivity contribution in [1.82, 2.24) is 0 Å². The topological polar surface area (TPSA) is 0 Å². The number of allylic oxidation sites excluding steroid dienone is 1. The first-order chi connectivity index (χ1) is 15.0. The standard InChI is InChI=1S/C28H25F3/c1-2-3-4-19-5-9-21(10-6-19)24-17-27(30)26(28(31)18-24)14-8-20-7-11-23-16-25(29)13-12-22(23)15-20/h2,7,11-13,15-19,21H,1,3-6,9-10H2. The Kier molecular flexibility index (Phi) is 6.47. The second-order valence-corrected chi connectivity index (χ2v) is 8.40. The molecule has 0 nitrogen and oxygen atoms in total. The van der Waals surface area contributed by atoms with E-state index in [-0.39, 0.29) is 17.3 Å². The van der Waals surface area contributed by atoms with Crippen molar-refractivity contribution in [2.24, 2.45) is 5.92 Å². The maximum atomic E-state index is 14.7. The van der Waals surface area contributed by atoms with E-state index in [2.05, 4.69) is 18.4 Å². The lowest BCUT2D eigenvalue weighted by atomic mass is 9.77. The molecular weight excluding hydrogens is 393 g/mol. The highest BCUT2D eigenvalue weighted by atomic mass is 19.1. The molecule has 158 valence electrons. The van der Waals surface area contributed by atoms with Crippen LogP contribution in [-0.4, -0.2) is 0 Å². The van der Waals surface area contributed by atoms with Gasteiger partial charge in [-0.2, -0.15) is 0 Å². The van der Waals surface area contributed by atoms with Gasteiger partial charge in [0, 0.05) is 5.56 Å². The third kappa shape index (κ3) is 5.02. The molecule has 0 aromatic heterocycles. The Hall–Kier alpha value is -2.99. The molecule has 0 amide bonds. The number of benzene rings is 3. The van der Waals surface area contributed by atoms with Crippen LogP contribution in [0.3, 0.4) is 0 Å². The Morgan fingerprint density at radius 1 is 0.839 bits per heavy atom. The van der Waals surface area contributed by atoms with E-state index in [0.717, 1.165) is 54.9 Å². The van der Waals surface area contributed by atoms with Crippen molar-refractivity contribution in [3.05, 3.63) is 95.3 Å². The molecule has 3 heteroatoms. The van der Waals surface area contributed by atoms with Gasteiger partial charge in [0.05, 0.1) is 5.56 Å². The van der Waals surface area contributed by atoms with Gasteiger partial charge in [0.15, 0.2) is 0 Å². The normalized spacial score (nSPS) is 18.4. The number of hydrogen-bond acceptors (Lipinski definition) is 0. The highest BCUT2D eigenvalue weighted by Crippen LogP contribution is 2.38. The van der Waals surface area contributed by atoms with Crippen LogP contribution in [0.25, 0.3) is 10.8 Å². The zero-order valence-corrected chi connectivity index (χ0v) is 17.4. The minimum absolute atomic E-state index is 0.201. The molecule has 0 heterocycles. The van der Waals surface area contributed by atoms with Crippen molar-refractivity contribution in [1.29, 1.82) is 0 Å². The Balaban J connectivity index is 1.51. The van der Waals surface area contributed by atoms with E-state index in [1.807, 2.05) is 6.08 Å². The largest absolute Gasteiger partial charge is 0.207 e. The van der Waals surface area contributed by atoms with Crippen LogP contribution in [-0.2, 0) is 0 Å². The van der Waals surface area contributed by atoms with Crippen LogP contribution in [0, 0.1) is 35.2 Å². The molecule has 1 aliphatic carbocycles. The Bertz CT molecular complexity index is 1130. The van der Waals surface area contributed by atoms with Crippen molar-refractivity contribution in [3.63, 3.8) is 0 Å². The summed E-state index contributed by atoms with van der Waals surface area (Å²) in [7, 11) is 0. The van der Waals surface area contributed by atoms with Gasteiger partial charge in [-0.05, 0) is 103 Å². The summed E-state index contributed by atoms with van der Waals surface area (Å²) < 4.78 is 42.7. The molecule has 1 aliphatic rings. The Labute approximate surface area is 181 Å². The summed E-state index contributed by atoms with van der Waals surface area (Å²) in [6.45, 7) is 3.78. The smallest absolute Gasteiger partial charge is 0.142 e. The van der Waals surface area contributed by atoms with Crippen LogP contribution < -0.4 is 0 Å². The number of fused-ring (bicyclic) bond motifs is 1. The lowest BCUT2D eigenvalue weighted by Gasteiger charge is -2.28. The third-order valence-electron chi connectivity index (χ3n) is 6.30.